The van der Waals surface area contributed by atoms with Gasteiger partial charge in [0.15, 0.2) is 0 Å². The molecule has 0 aromatic rings. The van der Waals surface area contributed by atoms with Gasteiger partial charge in [-0.2, -0.15) is 0 Å². The zero-order chi connectivity index (χ0) is 19.1. The van der Waals surface area contributed by atoms with Crippen molar-refractivity contribution in [1.82, 2.24) is 0 Å². The van der Waals surface area contributed by atoms with E-state index in [9.17, 15) is 4.79 Å². The molecule has 0 unspecified atom stereocenters. The molecule has 0 spiro atoms. The second-order valence-corrected chi connectivity index (χ2v) is 5.81. The normalized spacial score (nSPS) is 11.0. The summed E-state index contributed by atoms with van der Waals surface area (Å²) < 4.78 is 31.6. The number of hydrogen-bond donors (Lipinski definition) is 0. The minimum absolute atomic E-state index is 0.151. The molecule has 8 heteroatoms. The van der Waals surface area contributed by atoms with E-state index in [1.54, 1.807) is 0 Å². The molecule has 156 valence electrons. The number of hydrogen-bond acceptors (Lipinski definition) is 7. The second-order valence-electron chi connectivity index (χ2n) is 5.43. The molecule has 0 rings (SSSR count). The van der Waals surface area contributed by atoms with Crippen LogP contribution in [0.5, 0.6) is 0 Å². The van der Waals surface area contributed by atoms with Gasteiger partial charge < -0.3 is 28.4 Å². The zero-order valence-electron chi connectivity index (χ0n) is 16.0. The molecule has 7 nitrogen and oxygen atoms in total. The molecule has 0 N–H and O–H groups in total. The van der Waals surface area contributed by atoms with Crippen molar-refractivity contribution in [3.05, 3.63) is 0 Å². The van der Waals surface area contributed by atoms with Crippen LogP contribution < -0.4 is 0 Å². The molecule has 26 heavy (non-hydrogen) atoms. The lowest BCUT2D eigenvalue weighted by Crippen LogP contribution is -2.15. The predicted molar refractivity (Wildman–Crippen MR) is 99.9 cm³/mol. The van der Waals surface area contributed by atoms with Crippen LogP contribution in [0, 0.1) is 0 Å². The average Bonchev–Trinajstić information content (AvgIpc) is 2.64. The third kappa shape index (κ3) is 21.6. The van der Waals surface area contributed by atoms with Crippen LogP contribution in [-0.2, 0) is 33.2 Å². The van der Waals surface area contributed by atoms with Gasteiger partial charge in [-0.15, -0.1) is 11.6 Å². The molecule has 0 atom stereocenters. The minimum atomic E-state index is -0.151. The van der Waals surface area contributed by atoms with E-state index in [0.717, 1.165) is 19.3 Å². The number of carbonyl (C=O) groups excluding carboxylic acids is 1. The molecule has 0 aliphatic rings. The molecule has 0 radical (unpaired) electrons. The van der Waals surface area contributed by atoms with E-state index in [4.69, 9.17) is 40.0 Å². The lowest BCUT2D eigenvalue weighted by molar-refractivity contribution is -0.145. The highest BCUT2D eigenvalue weighted by molar-refractivity contribution is 6.17. The summed E-state index contributed by atoms with van der Waals surface area (Å²) in [6.07, 6.45) is 3.54. The van der Waals surface area contributed by atoms with E-state index in [1.165, 1.54) is 0 Å². The lowest BCUT2D eigenvalue weighted by atomic mass is 10.2. The van der Waals surface area contributed by atoms with E-state index in [2.05, 4.69) is 6.92 Å². The number of alkyl halides is 1. The van der Waals surface area contributed by atoms with Crippen LogP contribution in [0.3, 0.4) is 0 Å². The summed E-state index contributed by atoms with van der Waals surface area (Å²) in [6.45, 7) is 7.48. The third-order valence-electron chi connectivity index (χ3n) is 3.18. The van der Waals surface area contributed by atoms with Crippen molar-refractivity contribution >= 4 is 17.6 Å². The van der Waals surface area contributed by atoms with Crippen LogP contribution >= 0.6 is 11.6 Å². The largest absolute Gasteiger partial charge is 0.463 e. The van der Waals surface area contributed by atoms with E-state index < -0.39 is 0 Å². The van der Waals surface area contributed by atoms with Crippen molar-refractivity contribution in [3.8, 4) is 0 Å². The van der Waals surface area contributed by atoms with E-state index in [-0.39, 0.29) is 5.97 Å². The van der Waals surface area contributed by atoms with Crippen molar-refractivity contribution in [2.45, 2.75) is 32.6 Å². The van der Waals surface area contributed by atoms with Gasteiger partial charge in [-0.05, 0) is 6.42 Å². The van der Waals surface area contributed by atoms with Crippen molar-refractivity contribution in [3.63, 3.8) is 0 Å². The van der Waals surface area contributed by atoms with Gasteiger partial charge in [0.25, 0.3) is 0 Å². The Hall–Kier alpha value is -0.440. The summed E-state index contributed by atoms with van der Waals surface area (Å²) in [5, 5.41) is 0. The van der Waals surface area contributed by atoms with Crippen molar-refractivity contribution in [2.75, 3.05) is 78.6 Å². The Morgan fingerprint density at radius 1 is 0.654 bits per heavy atom. The maximum Gasteiger partial charge on any atom is 0.305 e. The number of esters is 1. The fraction of sp³-hybridized carbons (Fsp3) is 0.944. The Morgan fingerprint density at radius 2 is 1.08 bits per heavy atom. The summed E-state index contributed by atoms with van der Waals surface area (Å²) in [5.74, 6) is 0.350. The fourth-order valence-electron chi connectivity index (χ4n) is 1.84. The first-order chi connectivity index (χ1) is 12.8. The molecule has 0 aliphatic carbocycles. The van der Waals surface area contributed by atoms with Gasteiger partial charge in [-0.1, -0.05) is 19.8 Å². The van der Waals surface area contributed by atoms with Crippen LogP contribution in [0.25, 0.3) is 0 Å². The summed E-state index contributed by atoms with van der Waals surface area (Å²) >= 11 is 5.47. The topological polar surface area (TPSA) is 72.5 Å². The monoisotopic (exact) mass is 398 g/mol. The third-order valence-corrected chi connectivity index (χ3v) is 3.34. The smallest absolute Gasteiger partial charge is 0.305 e. The number of ether oxygens (including phenoxy) is 6. The van der Waals surface area contributed by atoms with Gasteiger partial charge >= 0.3 is 5.97 Å². The van der Waals surface area contributed by atoms with Crippen molar-refractivity contribution in [1.29, 1.82) is 0 Å². The molecule has 0 saturated heterocycles. The van der Waals surface area contributed by atoms with Crippen LogP contribution in [0.2, 0.25) is 0 Å². The molecule has 0 aromatic carbocycles. The quantitative estimate of drug-likeness (QED) is 0.167. The van der Waals surface area contributed by atoms with Gasteiger partial charge in [-0.3, -0.25) is 4.79 Å². The van der Waals surface area contributed by atoms with Crippen molar-refractivity contribution in [2.24, 2.45) is 0 Å². The van der Waals surface area contributed by atoms with Gasteiger partial charge in [0, 0.05) is 12.3 Å². The molecule has 0 aromatic heterocycles. The Morgan fingerprint density at radius 3 is 1.50 bits per heavy atom. The SMILES string of the molecule is CCCCCC(=O)OCCOCCOCCOCCOCCOCCCl. The summed E-state index contributed by atoms with van der Waals surface area (Å²) in [5.41, 5.74) is 0. The minimum Gasteiger partial charge on any atom is -0.463 e. The maximum atomic E-state index is 11.3. The van der Waals surface area contributed by atoms with E-state index in [1.807, 2.05) is 0 Å². The van der Waals surface area contributed by atoms with Crippen LogP contribution in [-0.4, -0.2) is 84.5 Å². The first-order valence-corrected chi connectivity index (χ1v) is 9.95. The van der Waals surface area contributed by atoms with Crippen LogP contribution in [0.1, 0.15) is 32.6 Å². The molecule has 0 heterocycles. The first kappa shape index (κ1) is 25.6. The van der Waals surface area contributed by atoms with E-state index in [0.29, 0.717) is 85.0 Å². The Labute approximate surface area is 162 Å². The standard InChI is InChI=1S/C18H35ClO7/c1-2-3-4-5-18(20)26-17-16-25-15-14-24-13-12-23-11-10-22-9-8-21-7-6-19/h2-17H2,1H3. The number of carbonyl (C=O) groups is 1. The maximum absolute atomic E-state index is 11.3. The summed E-state index contributed by atoms with van der Waals surface area (Å²) in [7, 11) is 0. The summed E-state index contributed by atoms with van der Waals surface area (Å²) in [6, 6.07) is 0. The zero-order valence-corrected chi connectivity index (χ0v) is 16.8. The highest BCUT2D eigenvalue weighted by atomic mass is 35.5. The lowest BCUT2D eigenvalue weighted by Gasteiger charge is -2.08. The number of unbranched alkanes of at least 4 members (excludes halogenated alkanes) is 2. The van der Waals surface area contributed by atoms with Gasteiger partial charge in [0.05, 0.1) is 66.1 Å². The highest BCUT2D eigenvalue weighted by Gasteiger charge is 2.01. The molecule has 0 amide bonds. The van der Waals surface area contributed by atoms with Gasteiger partial charge in [-0.25, -0.2) is 0 Å². The van der Waals surface area contributed by atoms with E-state index >= 15 is 0 Å². The van der Waals surface area contributed by atoms with Gasteiger partial charge in [0.2, 0.25) is 0 Å². The number of rotatable bonds is 21. The summed E-state index contributed by atoms with van der Waals surface area (Å²) in [4.78, 5) is 11.3. The second kappa shape index (κ2) is 22.6. The fourth-order valence-corrected chi connectivity index (χ4v) is 1.95. The molecule has 0 fully saturated rings. The van der Waals surface area contributed by atoms with Gasteiger partial charge in [0.1, 0.15) is 6.61 Å². The Bertz CT molecular complexity index is 293. The van der Waals surface area contributed by atoms with Crippen LogP contribution in [0.4, 0.5) is 0 Å². The van der Waals surface area contributed by atoms with Crippen LogP contribution in [0.15, 0.2) is 0 Å². The predicted octanol–water partition coefficient (Wildman–Crippen LogP) is 2.43. The first-order valence-electron chi connectivity index (χ1n) is 9.41. The van der Waals surface area contributed by atoms with Crippen molar-refractivity contribution < 1.29 is 33.2 Å². The Kier molecular flexibility index (Phi) is 22.2. The molecule has 0 aliphatic heterocycles. The molecular formula is C18H35ClO7. The number of halogens is 1. The molecule has 0 saturated carbocycles. The highest BCUT2D eigenvalue weighted by Crippen LogP contribution is 2.00. The Balaban J connectivity index is 3.06. The molecular weight excluding hydrogens is 364 g/mol. The molecule has 0 bridgehead atoms. The average molecular weight is 399 g/mol.